The van der Waals surface area contributed by atoms with Crippen molar-refractivity contribution in [3.8, 4) is 0 Å². The molecule has 2 fully saturated rings. The number of Topliss-reactive ketones (excluding diaryl/α,β-unsaturated/α-hetero) is 1. The number of nitrogens with zero attached hydrogens (tertiary/aromatic N) is 1. The highest BCUT2D eigenvalue weighted by atomic mass is 16.3. The maximum Gasteiger partial charge on any atom is 0.143 e. The van der Waals surface area contributed by atoms with Gasteiger partial charge >= 0.3 is 0 Å². The van der Waals surface area contributed by atoms with E-state index in [1.54, 1.807) is 6.26 Å². The molecule has 1 aromatic rings. The number of carbonyl (C=O) groups excluding carboxylic acids is 1. The Kier molecular flexibility index (Phi) is 2.79. The lowest BCUT2D eigenvalue weighted by molar-refractivity contribution is -0.124. The smallest absolute Gasteiger partial charge is 0.143 e. The van der Waals surface area contributed by atoms with E-state index in [2.05, 4.69) is 11.9 Å². The minimum atomic E-state index is 0.258. The molecule has 3 rings (SSSR count). The van der Waals surface area contributed by atoms with Gasteiger partial charge in [-0.15, -0.1) is 0 Å². The number of rotatable bonds is 3. The molecule has 17 heavy (non-hydrogen) atoms. The third-order valence-electron chi connectivity index (χ3n) is 4.48. The molecule has 2 unspecified atom stereocenters. The summed E-state index contributed by atoms with van der Waals surface area (Å²) in [5.74, 6) is 1.43. The van der Waals surface area contributed by atoms with E-state index < -0.39 is 0 Å². The first-order valence-electron chi connectivity index (χ1n) is 6.51. The molecule has 2 saturated heterocycles. The fraction of sp³-hybridized carbons (Fsp3) is 0.643. The van der Waals surface area contributed by atoms with Crippen LogP contribution >= 0.6 is 0 Å². The van der Waals surface area contributed by atoms with Gasteiger partial charge in [0.05, 0.1) is 12.7 Å². The van der Waals surface area contributed by atoms with E-state index in [9.17, 15) is 4.79 Å². The molecule has 1 aromatic heterocycles. The van der Waals surface area contributed by atoms with Crippen LogP contribution in [0.25, 0.3) is 0 Å². The minimum Gasteiger partial charge on any atom is -0.469 e. The van der Waals surface area contributed by atoms with Crippen LogP contribution in [0.1, 0.15) is 31.4 Å². The van der Waals surface area contributed by atoms with Gasteiger partial charge in [0.25, 0.3) is 0 Å². The quantitative estimate of drug-likeness (QED) is 0.803. The van der Waals surface area contributed by atoms with Crippen LogP contribution < -0.4 is 0 Å². The number of piperidine rings is 1. The van der Waals surface area contributed by atoms with Crippen LogP contribution in [0.4, 0.5) is 0 Å². The second-order valence-electron chi connectivity index (χ2n) is 5.44. The highest BCUT2D eigenvalue weighted by Crippen LogP contribution is 2.38. The first-order chi connectivity index (χ1) is 8.24. The van der Waals surface area contributed by atoms with E-state index in [0.717, 1.165) is 18.6 Å². The Morgan fingerprint density at radius 1 is 1.41 bits per heavy atom. The predicted molar refractivity (Wildman–Crippen MR) is 64.7 cm³/mol. The average Bonchev–Trinajstić information content (AvgIpc) is 2.86. The van der Waals surface area contributed by atoms with Crippen LogP contribution in [0.3, 0.4) is 0 Å². The number of furan rings is 1. The number of ketones is 1. The summed E-state index contributed by atoms with van der Waals surface area (Å²) in [6, 6.07) is 5.01. The molecule has 3 heteroatoms. The lowest BCUT2D eigenvalue weighted by Gasteiger charge is -2.35. The highest BCUT2D eigenvalue weighted by molar-refractivity contribution is 5.83. The molecule has 2 aliphatic heterocycles. The van der Waals surface area contributed by atoms with Crippen molar-refractivity contribution < 1.29 is 9.21 Å². The summed E-state index contributed by atoms with van der Waals surface area (Å²) in [5.41, 5.74) is 0. The fourth-order valence-corrected chi connectivity index (χ4v) is 3.40. The van der Waals surface area contributed by atoms with Gasteiger partial charge in [0.1, 0.15) is 11.5 Å². The Balaban J connectivity index is 1.64. The molecule has 0 radical (unpaired) electrons. The predicted octanol–water partition coefficient (Wildman–Crippen LogP) is 2.26. The van der Waals surface area contributed by atoms with Crippen LogP contribution in [0.2, 0.25) is 0 Å². The molecule has 0 spiro atoms. The van der Waals surface area contributed by atoms with E-state index in [1.165, 1.54) is 12.8 Å². The highest BCUT2D eigenvalue weighted by Gasteiger charge is 2.40. The van der Waals surface area contributed by atoms with Gasteiger partial charge < -0.3 is 9.32 Å². The molecule has 3 nitrogen and oxygen atoms in total. The van der Waals surface area contributed by atoms with Crippen molar-refractivity contribution in [2.75, 3.05) is 7.05 Å². The summed E-state index contributed by atoms with van der Waals surface area (Å²) >= 11 is 0. The molecule has 0 saturated carbocycles. The molecular formula is C14H19NO2. The fourth-order valence-electron chi connectivity index (χ4n) is 3.40. The van der Waals surface area contributed by atoms with Gasteiger partial charge in [-0.05, 0) is 44.9 Å². The van der Waals surface area contributed by atoms with Crippen LogP contribution in [-0.2, 0) is 11.2 Å². The second kappa shape index (κ2) is 4.30. The summed E-state index contributed by atoms with van der Waals surface area (Å²) in [5, 5.41) is 0. The maximum absolute atomic E-state index is 12.2. The van der Waals surface area contributed by atoms with Gasteiger partial charge in [-0.3, -0.25) is 4.79 Å². The number of hydrogen-bond donors (Lipinski definition) is 0. The Bertz CT molecular complexity index is 384. The average molecular weight is 233 g/mol. The number of hydrogen-bond acceptors (Lipinski definition) is 3. The van der Waals surface area contributed by atoms with Crippen molar-refractivity contribution in [1.29, 1.82) is 0 Å². The second-order valence-corrected chi connectivity index (χ2v) is 5.44. The zero-order chi connectivity index (χ0) is 11.8. The van der Waals surface area contributed by atoms with Gasteiger partial charge in [-0.25, -0.2) is 0 Å². The molecule has 0 N–H and O–H groups in total. The van der Waals surface area contributed by atoms with E-state index in [-0.39, 0.29) is 5.92 Å². The lowest BCUT2D eigenvalue weighted by Crippen LogP contribution is -2.42. The summed E-state index contributed by atoms with van der Waals surface area (Å²) in [6.07, 6.45) is 6.75. The standard InChI is InChI=1S/C14H19NO2/c1-15-11-4-5-12(15)8-10(7-11)14(16)9-13-3-2-6-17-13/h2-3,6,10-12H,4-5,7-9H2,1H3. The van der Waals surface area contributed by atoms with Gasteiger partial charge in [-0.2, -0.15) is 0 Å². The molecule has 3 heterocycles. The zero-order valence-electron chi connectivity index (χ0n) is 10.3. The maximum atomic E-state index is 12.2. The SMILES string of the molecule is CN1C2CCC1CC(C(=O)Cc1ccco1)C2. The minimum absolute atomic E-state index is 0.258. The lowest BCUT2D eigenvalue weighted by atomic mass is 9.86. The van der Waals surface area contributed by atoms with Crippen molar-refractivity contribution in [2.24, 2.45) is 5.92 Å². The molecule has 2 bridgehead atoms. The van der Waals surface area contributed by atoms with Gasteiger partial charge in [0, 0.05) is 18.0 Å². The van der Waals surface area contributed by atoms with E-state index in [0.29, 0.717) is 24.3 Å². The molecule has 0 amide bonds. The summed E-state index contributed by atoms with van der Waals surface area (Å²) < 4.78 is 5.25. The van der Waals surface area contributed by atoms with Crippen LogP contribution in [0.15, 0.2) is 22.8 Å². The molecular weight excluding hydrogens is 214 g/mol. The van der Waals surface area contributed by atoms with Crippen LogP contribution in [0.5, 0.6) is 0 Å². The van der Waals surface area contributed by atoms with Crippen molar-refractivity contribution in [2.45, 2.75) is 44.2 Å². The van der Waals surface area contributed by atoms with E-state index in [1.807, 2.05) is 12.1 Å². The van der Waals surface area contributed by atoms with Crippen LogP contribution in [0, 0.1) is 5.92 Å². The third-order valence-corrected chi connectivity index (χ3v) is 4.48. The summed E-state index contributed by atoms with van der Waals surface area (Å²) in [4.78, 5) is 14.7. The Hall–Kier alpha value is -1.09. The van der Waals surface area contributed by atoms with Crippen molar-refractivity contribution in [3.05, 3.63) is 24.2 Å². The summed E-state index contributed by atoms with van der Waals surface area (Å²) in [7, 11) is 2.20. The normalized spacial score (nSPS) is 32.9. The molecule has 0 aromatic carbocycles. The first kappa shape index (κ1) is 11.0. The van der Waals surface area contributed by atoms with Crippen molar-refractivity contribution >= 4 is 5.78 Å². The Morgan fingerprint density at radius 3 is 2.71 bits per heavy atom. The zero-order valence-corrected chi connectivity index (χ0v) is 10.3. The topological polar surface area (TPSA) is 33.5 Å². The molecule has 0 aliphatic carbocycles. The number of carbonyl (C=O) groups is 1. The van der Waals surface area contributed by atoms with Gasteiger partial charge in [0.15, 0.2) is 0 Å². The van der Waals surface area contributed by atoms with Crippen molar-refractivity contribution in [3.63, 3.8) is 0 Å². The third kappa shape index (κ3) is 2.04. The monoisotopic (exact) mass is 233 g/mol. The molecule has 2 aliphatic rings. The van der Waals surface area contributed by atoms with Gasteiger partial charge in [0.2, 0.25) is 0 Å². The Morgan fingerprint density at radius 2 is 2.12 bits per heavy atom. The van der Waals surface area contributed by atoms with E-state index >= 15 is 0 Å². The van der Waals surface area contributed by atoms with Crippen LogP contribution in [-0.4, -0.2) is 29.8 Å². The van der Waals surface area contributed by atoms with E-state index in [4.69, 9.17) is 4.42 Å². The Labute approximate surface area is 102 Å². The number of fused-ring (bicyclic) bond motifs is 2. The molecule has 92 valence electrons. The first-order valence-corrected chi connectivity index (χ1v) is 6.51. The van der Waals surface area contributed by atoms with Gasteiger partial charge in [-0.1, -0.05) is 0 Å². The van der Waals surface area contributed by atoms with Crippen molar-refractivity contribution in [1.82, 2.24) is 4.90 Å². The summed E-state index contributed by atoms with van der Waals surface area (Å²) in [6.45, 7) is 0. The largest absolute Gasteiger partial charge is 0.469 e. The molecule has 2 atom stereocenters.